The van der Waals surface area contributed by atoms with Crippen molar-refractivity contribution in [2.24, 2.45) is 0 Å². The van der Waals surface area contributed by atoms with Crippen molar-refractivity contribution in [2.45, 2.75) is 13.8 Å². The first kappa shape index (κ1) is 32.4. The van der Waals surface area contributed by atoms with Gasteiger partial charge >= 0.3 is 0 Å². The van der Waals surface area contributed by atoms with E-state index in [0.717, 1.165) is 98.3 Å². The van der Waals surface area contributed by atoms with Crippen molar-refractivity contribution in [1.82, 2.24) is 19.9 Å². The molecule has 2 N–H and O–H groups in total. The molecule has 8 bridgehead atoms. The molecule has 250 valence electrons. The van der Waals surface area contributed by atoms with Crippen LogP contribution in [0.3, 0.4) is 0 Å². The second-order valence-corrected chi connectivity index (χ2v) is 15.1. The zero-order valence-electron chi connectivity index (χ0n) is 28.5. The topological polar surface area (TPSA) is 57.4 Å². The van der Waals surface area contributed by atoms with Crippen LogP contribution in [0.1, 0.15) is 33.9 Å². The largest absolute Gasteiger partial charge is 0.354 e. The molecule has 0 unspecified atom stereocenters. The number of nitrogens with zero attached hydrogens (tertiary/aromatic N) is 2. The maximum atomic E-state index is 5.40. The number of aromatic nitrogens is 4. The van der Waals surface area contributed by atoms with Gasteiger partial charge in [0, 0.05) is 53.3 Å². The molecule has 0 aliphatic carbocycles. The number of nitrogens with one attached hydrogen (secondary N) is 2. The van der Waals surface area contributed by atoms with Gasteiger partial charge in [0.05, 0.1) is 22.8 Å². The molecule has 3 aromatic heterocycles. The van der Waals surface area contributed by atoms with Gasteiger partial charge < -0.3 is 9.97 Å². The molecule has 0 radical (unpaired) electrons. The summed E-state index contributed by atoms with van der Waals surface area (Å²) in [5.41, 5.74) is 18.4. The maximum absolute atomic E-state index is 5.40. The Morgan fingerprint density at radius 2 is 0.596 bits per heavy atom. The number of hydrogen-bond donors (Lipinski definition) is 2. The summed E-state index contributed by atoms with van der Waals surface area (Å²) in [6.07, 6.45) is 8.55. The molecule has 2 aliphatic rings. The number of aromatic amines is 2. The minimum atomic E-state index is 0.891. The van der Waals surface area contributed by atoms with Crippen molar-refractivity contribution in [2.75, 3.05) is 0 Å². The van der Waals surface area contributed by atoms with Crippen molar-refractivity contribution in [3.63, 3.8) is 0 Å². The highest BCUT2D eigenvalue weighted by Gasteiger charge is 2.19. The first-order valence-electron chi connectivity index (χ1n) is 17.2. The lowest BCUT2D eigenvalue weighted by molar-refractivity contribution is 1.31. The quantitative estimate of drug-likeness (QED) is 0.186. The summed E-state index contributed by atoms with van der Waals surface area (Å²) >= 11 is 7.28. The Morgan fingerprint density at radius 1 is 0.346 bits per heavy atom. The molecule has 0 atom stereocenters. The molecule has 0 fully saturated rings. The van der Waals surface area contributed by atoms with Crippen LogP contribution in [-0.4, -0.2) is 19.9 Å². The predicted octanol–water partition coefficient (Wildman–Crippen LogP) is 13.5. The summed E-state index contributed by atoms with van der Waals surface area (Å²) in [6.45, 7) is 4.23. The molecule has 9 rings (SSSR count). The molecule has 5 heterocycles. The van der Waals surface area contributed by atoms with E-state index in [2.05, 4.69) is 201 Å². The minimum absolute atomic E-state index is 0.891. The van der Waals surface area contributed by atoms with Gasteiger partial charge in [0.15, 0.2) is 0 Å². The lowest BCUT2D eigenvalue weighted by atomic mass is 10.0. The van der Waals surface area contributed by atoms with Gasteiger partial charge in [0.1, 0.15) is 0 Å². The first-order valence-corrected chi connectivity index (χ1v) is 18.8. The first-order chi connectivity index (χ1) is 25.4. The van der Waals surface area contributed by atoms with E-state index in [1.54, 1.807) is 0 Å². The summed E-state index contributed by atoms with van der Waals surface area (Å²) in [6, 6.07) is 42.9. The van der Waals surface area contributed by atoms with Crippen LogP contribution in [0.25, 0.3) is 90.9 Å². The van der Waals surface area contributed by atoms with E-state index in [0.29, 0.717) is 0 Å². The van der Waals surface area contributed by atoms with Crippen molar-refractivity contribution < 1.29 is 0 Å². The van der Waals surface area contributed by atoms with E-state index in [9.17, 15) is 0 Å². The lowest BCUT2D eigenvalue weighted by Gasteiger charge is -2.07. The lowest BCUT2D eigenvalue weighted by Crippen LogP contribution is -1.90. The van der Waals surface area contributed by atoms with E-state index < -0.39 is 0 Å². The van der Waals surface area contributed by atoms with E-state index in [4.69, 9.17) is 9.97 Å². The van der Waals surface area contributed by atoms with Gasteiger partial charge in [0.25, 0.3) is 0 Å². The Bertz CT molecular complexity index is 2360. The molecule has 6 heteroatoms. The van der Waals surface area contributed by atoms with Gasteiger partial charge in [-0.25, -0.2) is 9.97 Å². The molecule has 0 saturated heterocycles. The van der Waals surface area contributed by atoms with E-state index in [1.165, 1.54) is 11.1 Å². The molecule has 4 aromatic carbocycles. The Balaban J connectivity index is 1.47. The third-order valence-electron chi connectivity index (χ3n) is 9.70. The van der Waals surface area contributed by atoms with Gasteiger partial charge in [-0.2, -0.15) is 0 Å². The van der Waals surface area contributed by atoms with Gasteiger partial charge in [0.2, 0.25) is 0 Å². The highest BCUT2D eigenvalue weighted by molar-refractivity contribution is 9.10. The number of rotatable bonds is 4. The SMILES string of the molecule is Cc1ccc(-c2c3nc(c(-c4ccc(Br)cc4)c4ccc([nH]4)c(-c4ccc(C)cc4)c4nc(c(-c5ccc(Br)cc5)c5ccc2[nH]5)C=C4)C=C3)cc1. The second kappa shape index (κ2) is 13.2. The van der Waals surface area contributed by atoms with Crippen LogP contribution in [0, 0.1) is 13.8 Å². The Morgan fingerprint density at radius 3 is 0.865 bits per heavy atom. The number of benzene rings is 4. The maximum Gasteiger partial charge on any atom is 0.0737 e. The normalized spacial score (nSPS) is 12.1. The van der Waals surface area contributed by atoms with Crippen LogP contribution in [-0.2, 0) is 0 Å². The Kier molecular flexibility index (Phi) is 8.22. The standard InChI is InChI=1S/C46H32Br2N4/c1-27-3-7-29(8-4-27)43-35-19-23-39(49-35)45(31-11-15-33(47)16-12-31)41-25-21-37(51-41)44(30-9-5-28(2)6-10-30)38-22-26-42(52-38)46(40-24-20-36(43)50-40)32-13-17-34(48)18-14-32/h3-26,49,52H,1-2H3. The highest BCUT2D eigenvalue weighted by Crippen LogP contribution is 2.39. The van der Waals surface area contributed by atoms with E-state index in [-0.39, 0.29) is 0 Å². The molecule has 2 aliphatic heterocycles. The molecule has 52 heavy (non-hydrogen) atoms. The monoisotopic (exact) mass is 798 g/mol. The van der Waals surface area contributed by atoms with Crippen molar-refractivity contribution >= 4 is 78.2 Å². The zero-order valence-corrected chi connectivity index (χ0v) is 31.7. The number of H-pyrrole nitrogens is 2. The van der Waals surface area contributed by atoms with E-state index in [1.807, 2.05) is 0 Å². The fraction of sp³-hybridized carbons (Fsp3) is 0.0435. The molecule has 4 nitrogen and oxygen atoms in total. The number of halogens is 2. The van der Waals surface area contributed by atoms with Gasteiger partial charge in [-0.3, -0.25) is 0 Å². The Labute approximate surface area is 318 Å². The summed E-state index contributed by atoms with van der Waals surface area (Å²) in [7, 11) is 0. The second-order valence-electron chi connectivity index (χ2n) is 13.2. The molecule has 0 amide bonds. The van der Waals surface area contributed by atoms with Gasteiger partial charge in [-0.05, 0) is 109 Å². The third-order valence-corrected chi connectivity index (χ3v) is 10.8. The number of fused-ring (bicyclic) bond motifs is 8. The van der Waals surface area contributed by atoms with Crippen LogP contribution in [0.15, 0.2) is 130 Å². The van der Waals surface area contributed by atoms with E-state index >= 15 is 0 Å². The highest BCUT2D eigenvalue weighted by atomic mass is 79.9. The summed E-state index contributed by atoms with van der Waals surface area (Å²) < 4.78 is 2.05. The molecule has 0 saturated carbocycles. The third kappa shape index (κ3) is 5.98. The average molecular weight is 801 g/mol. The molecule has 0 spiro atoms. The average Bonchev–Trinajstić information content (AvgIpc) is 3.99. The molecular weight excluding hydrogens is 768 g/mol. The van der Waals surface area contributed by atoms with Gasteiger partial charge in [-0.1, -0.05) is 116 Å². The number of aryl methyl sites for hydroxylation is 2. The fourth-order valence-electron chi connectivity index (χ4n) is 7.09. The van der Waals surface area contributed by atoms with Crippen LogP contribution in [0.2, 0.25) is 0 Å². The van der Waals surface area contributed by atoms with Crippen molar-refractivity contribution in [3.8, 4) is 44.5 Å². The van der Waals surface area contributed by atoms with Crippen molar-refractivity contribution in [3.05, 3.63) is 164 Å². The predicted molar refractivity (Wildman–Crippen MR) is 225 cm³/mol. The fourth-order valence-corrected chi connectivity index (χ4v) is 7.62. The summed E-state index contributed by atoms with van der Waals surface area (Å²) in [5, 5.41) is 0. The smallest absolute Gasteiger partial charge is 0.0737 e. The Hall–Kier alpha value is -5.56. The van der Waals surface area contributed by atoms with Crippen LogP contribution < -0.4 is 0 Å². The minimum Gasteiger partial charge on any atom is -0.354 e. The van der Waals surface area contributed by atoms with Crippen LogP contribution >= 0.6 is 31.9 Å². The van der Waals surface area contributed by atoms with Crippen molar-refractivity contribution in [1.29, 1.82) is 0 Å². The molecule has 7 aromatic rings. The summed E-state index contributed by atoms with van der Waals surface area (Å²) in [5.74, 6) is 0. The van der Waals surface area contributed by atoms with Crippen LogP contribution in [0.4, 0.5) is 0 Å². The molecular formula is C46H32Br2N4. The van der Waals surface area contributed by atoms with Crippen LogP contribution in [0.5, 0.6) is 0 Å². The zero-order chi connectivity index (χ0) is 35.3. The number of hydrogen-bond acceptors (Lipinski definition) is 2. The van der Waals surface area contributed by atoms with Gasteiger partial charge in [-0.15, -0.1) is 0 Å². The summed E-state index contributed by atoms with van der Waals surface area (Å²) in [4.78, 5) is 18.4.